The van der Waals surface area contributed by atoms with Gasteiger partial charge >= 0.3 is 0 Å². The summed E-state index contributed by atoms with van der Waals surface area (Å²) in [6.45, 7) is 6.06. The normalized spacial score (nSPS) is 15.6. The van der Waals surface area contributed by atoms with E-state index in [2.05, 4.69) is 11.4 Å². The van der Waals surface area contributed by atoms with Crippen molar-refractivity contribution in [2.45, 2.75) is 52.5 Å². The highest BCUT2D eigenvalue weighted by Crippen LogP contribution is 2.38. The first-order chi connectivity index (χ1) is 9.32. The van der Waals surface area contributed by atoms with Gasteiger partial charge in [0.05, 0.1) is 5.56 Å². The van der Waals surface area contributed by atoms with E-state index in [1.54, 1.807) is 11.3 Å². The van der Waals surface area contributed by atoms with Crippen LogP contribution < -0.4 is 11.1 Å². The second-order valence-electron chi connectivity index (χ2n) is 6.40. The van der Waals surface area contributed by atoms with Crippen LogP contribution in [0.3, 0.4) is 0 Å². The summed E-state index contributed by atoms with van der Waals surface area (Å²) in [4.78, 5) is 13.3. The lowest BCUT2D eigenvalue weighted by Gasteiger charge is -2.26. The highest BCUT2D eigenvalue weighted by molar-refractivity contribution is 7.16. The summed E-state index contributed by atoms with van der Waals surface area (Å²) in [6, 6.07) is 2.03. The van der Waals surface area contributed by atoms with Crippen LogP contribution in [0.4, 0.5) is 5.00 Å². The summed E-state index contributed by atoms with van der Waals surface area (Å²) in [7, 11) is 0. The molecular weight excluding hydrogens is 270 g/mol. The van der Waals surface area contributed by atoms with Crippen molar-refractivity contribution < 1.29 is 4.79 Å². The van der Waals surface area contributed by atoms with Crippen LogP contribution in [0.1, 0.15) is 49.6 Å². The van der Waals surface area contributed by atoms with Gasteiger partial charge in [0.25, 0.3) is 0 Å². The Labute approximate surface area is 124 Å². The predicted molar refractivity (Wildman–Crippen MR) is 81.7 cm³/mol. The molecule has 1 aromatic rings. The zero-order chi connectivity index (χ0) is 14.9. The molecule has 1 aromatic heterocycles. The molecule has 0 radical (unpaired) electrons. The molecule has 1 aliphatic rings. The van der Waals surface area contributed by atoms with Gasteiger partial charge in [0, 0.05) is 17.3 Å². The first kappa shape index (κ1) is 15.0. The Morgan fingerprint density at radius 1 is 1.50 bits per heavy atom. The maximum Gasteiger partial charge on any atom is 0.226 e. The third kappa shape index (κ3) is 3.02. The van der Waals surface area contributed by atoms with Crippen LogP contribution >= 0.6 is 11.3 Å². The number of anilines is 1. The SMILES string of the molecule is CC(C)(C)C(N)CC(=O)Nc1sc2c(c1C#N)CCC2. The number of hydrogen-bond acceptors (Lipinski definition) is 4. The minimum atomic E-state index is -0.195. The molecule has 1 heterocycles. The topological polar surface area (TPSA) is 78.9 Å². The van der Waals surface area contributed by atoms with E-state index in [-0.39, 0.29) is 23.8 Å². The van der Waals surface area contributed by atoms with E-state index >= 15 is 0 Å². The van der Waals surface area contributed by atoms with Crippen molar-refractivity contribution in [1.82, 2.24) is 0 Å². The van der Waals surface area contributed by atoms with Gasteiger partial charge in [-0.2, -0.15) is 5.26 Å². The summed E-state index contributed by atoms with van der Waals surface area (Å²) in [6.07, 6.45) is 3.36. The average molecular weight is 291 g/mol. The fourth-order valence-corrected chi connectivity index (χ4v) is 3.55. The zero-order valence-electron chi connectivity index (χ0n) is 12.2. The molecule has 5 heteroatoms. The Balaban J connectivity index is 2.08. The van der Waals surface area contributed by atoms with Crippen molar-refractivity contribution in [2.24, 2.45) is 11.1 Å². The second-order valence-corrected chi connectivity index (χ2v) is 7.50. The predicted octanol–water partition coefficient (Wildman–Crippen LogP) is 2.81. The Morgan fingerprint density at radius 2 is 2.20 bits per heavy atom. The van der Waals surface area contributed by atoms with E-state index in [1.165, 1.54) is 4.88 Å². The smallest absolute Gasteiger partial charge is 0.226 e. The number of nitrogens with one attached hydrogen (secondary N) is 1. The van der Waals surface area contributed by atoms with Gasteiger partial charge in [0.2, 0.25) is 5.91 Å². The molecule has 4 nitrogen and oxygen atoms in total. The van der Waals surface area contributed by atoms with Crippen LogP contribution in [0.5, 0.6) is 0 Å². The first-order valence-corrected chi connectivity index (χ1v) is 7.74. The first-order valence-electron chi connectivity index (χ1n) is 6.93. The number of amides is 1. The van der Waals surface area contributed by atoms with Crippen molar-refractivity contribution in [3.8, 4) is 6.07 Å². The number of aryl methyl sites for hydroxylation is 1. The fourth-order valence-electron chi connectivity index (χ4n) is 2.29. The molecule has 0 saturated heterocycles. The highest BCUT2D eigenvalue weighted by atomic mass is 32.1. The Morgan fingerprint density at radius 3 is 2.80 bits per heavy atom. The van der Waals surface area contributed by atoms with Gasteiger partial charge in [0.1, 0.15) is 11.1 Å². The van der Waals surface area contributed by atoms with Crippen LogP contribution in [-0.4, -0.2) is 11.9 Å². The Bertz CT molecular complexity index is 563. The van der Waals surface area contributed by atoms with Gasteiger partial charge < -0.3 is 11.1 Å². The van der Waals surface area contributed by atoms with E-state index in [0.29, 0.717) is 10.6 Å². The summed E-state index contributed by atoms with van der Waals surface area (Å²) >= 11 is 1.54. The van der Waals surface area contributed by atoms with Crippen LogP contribution in [0.15, 0.2) is 0 Å². The summed E-state index contributed by atoms with van der Waals surface area (Å²) in [5.74, 6) is -0.108. The summed E-state index contributed by atoms with van der Waals surface area (Å²) < 4.78 is 0. The number of carbonyl (C=O) groups is 1. The lowest BCUT2D eigenvalue weighted by atomic mass is 9.85. The third-order valence-corrected chi connectivity index (χ3v) is 5.01. The molecule has 20 heavy (non-hydrogen) atoms. The van der Waals surface area contributed by atoms with E-state index in [0.717, 1.165) is 24.8 Å². The van der Waals surface area contributed by atoms with Crippen molar-refractivity contribution >= 4 is 22.2 Å². The number of hydrogen-bond donors (Lipinski definition) is 2. The quantitative estimate of drug-likeness (QED) is 0.898. The van der Waals surface area contributed by atoms with Crippen LogP contribution in [0.25, 0.3) is 0 Å². The maximum atomic E-state index is 12.1. The van der Waals surface area contributed by atoms with E-state index in [9.17, 15) is 10.1 Å². The van der Waals surface area contributed by atoms with Gasteiger partial charge in [0.15, 0.2) is 0 Å². The highest BCUT2D eigenvalue weighted by Gasteiger charge is 2.26. The van der Waals surface area contributed by atoms with E-state index < -0.39 is 0 Å². The number of fused-ring (bicyclic) bond motifs is 1. The summed E-state index contributed by atoms with van der Waals surface area (Å²) in [5, 5.41) is 12.8. The molecule has 0 fully saturated rings. The molecule has 1 amide bonds. The summed E-state index contributed by atoms with van der Waals surface area (Å²) in [5.41, 5.74) is 7.71. The molecule has 0 saturated carbocycles. The molecule has 0 aliphatic heterocycles. The van der Waals surface area contributed by atoms with Crippen LogP contribution in [0.2, 0.25) is 0 Å². The lowest BCUT2D eigenvalue weighted by molar-refractivity contribution is -0.117. The monoisotopic (exact) mass is 291 g/mol. The minimum absolute atomic E-state index is 0.105. The third-order valence-electron chi connectivity index (χ3n) is 3.80. The van der Waals surface area contributed by atoms with Crippen LogP contribution in [0, 0.1) is 16.7 Å². The molecule has 0 spiro atoms. The maximum absolute atomic E-state index is 12.1. The molecule has 108 valence electrons. The zero-order valence-corrected chi connectivity index (χ0v) is 13.1. The van der Waals surface area contributed by atoms with Gasteiger partial charge in [-0.05, 0) is 30.2 Å². The average Bonchev–Trinajstić information content (AvgIpc) is 2.87. The van der Waals surface area contributed by atoms with E-state index in [1.807, 2.05) is 20.8 Å². The van der Waals surface area contributed by atoms with Crippen molar-refractivity contribution in [1.29, 1.82) is 5.26 Å². The number of carbonyl (C=O) groups excluding carboxylic acids is 1. The molecule has 3 N–H and O–H groups in total. The lowest BCUT2D eigenvalue weighted by Crippen LogP contribution is -2.38. The van der Waals surface area contributed by atoms with Gasteiger partial charge in [-0.15, -0.1) is 11.3 Å². The molecule has 0 aromatic carbocycles. The van der Waals surface area contributed by atoms with Crippen LogP contribution in [-0.2, 0) is 17.6 Å². The number of nitriles is 1. The van der Waals surface area contributed by atoms with Crippen molar-refractivity contribution in [3.05, 3.63) is 16.0 Å². The number of thiophene rings is 1. The molecular formula is C15H21N3OS. The van der Waals surface area contributed by atoms with Crippen molar-refractivity contribution in [2.75, 3.05) is 5.32 Å². The van der Waals surface area contributed by atoms with Gasteiger partial charge in [-0.1, -0.05) is 20.8 Å². The molecule has 1 atom stereocenters. The number of nitrogens with two attached hydrogens (primary N) is 1. The fraction of sp³-hybridized carbons (Fsp3) is 0.600. The minimum Gasteiger partial charge on any atom is -0.327 e. The Kier molecular flexibility index (Phi) is 4.17. The molecule has 0 bridgehead atoms. The van der Waals surface area contributed by atoms with Gasteiger partial charge in [-0.25, -0.2) is 0 Å². The molecule has 1 aliphatic carbocycles. The van der Waals surface area contributed by atoms with Crippen molar-refractivity contribution in [3.63, 3.8) is 0 Å². The number of nitrogens with zero attached hydrogens (tertiary/aromatic N) is 1. The van der Waals surface area contributed by atoms with Gasteiger partial charge in [-0.3, -0.25) is 4.79 Å². The second kappa shape index (κ2) is 5.55. The largest absolute Gasteiger partial charge is 0.327 e. The number of rotatable bonds is 3. The Hall–Kier alpha value is -1.38. The standard InChI is InChI=1S/C15H21N3OS/c1-15(2,3)12(17)7-13(19)18-14-10(8-16)9-5-4-6-11(9)20-14/h12H,4-7,17H2,1-3H3,(H,18,19). The molecule has 2 rings (SSSR count). The molecule has 1 unspecified atom stereocenters. The van der Waals surface area contributed by atoms with E-state index in [4.69, 9.17) is 5.73 Å².